The molecule has 3 aromatic rings. The van der Waals surface area contributed by atoms with Gasteiger partial charge in [0.25, 0.3) is 0 Å². The molecule has 0 atom stereocenters. The zero-order valence-corrected chi connectivity index (χ0v) is 15.1. The van der Waals surface area contributed by atoms with Gasteiger partial charge in [-0.15, -0.1) is 22.7 Å². The van der Waals surface area contributed by atoms with E-state index in [1.165, 1.54) is 16.9 Å². The molecule has 0 spiro atoms. The first-order chi connectivity index (χ1) is 11.7. The average molecular weight is 352 g/mol. The number of nitrogens with zero attached hydrogens (tertiary/aromatic N) is 2. The molecule has 3 nitrogen and oxygen atoms in total. The SMILES string of the molecule is CCOc1ccc(-c2csc(/C(C#N)=C/c3sccc3C)n2)cc1. The zero-order valence-electron chi connectivity index (χ0n) is 13.4. The van der Waals surface area contributed by atoms with Crippen LogP contribution in [0.2, 0.25) is 0 Å². The molecule has 0 aliphatic carbocycles. The molecule has 0 bridgehead atoms. The summed E-state index contributed by atoms with van der Waals surface area (Å²) in [7, 11) is 0. The molecule has 0 N–H and O–H groups in total. The van der Waals surface area contributed by atoms with Gasteiger partial charge in [0.1, 0.15) is 16.8 Å². The molecular formula is C19H16N2OS2. The van der Waals surface area contributed by atoms with Gasteiger partial charge in [0.05, 0.1) is 17.9 Å². The molecule has 120 valence electrons. The number of hydrogen-bond donors (Lipinski definition) is 0. The molecule has 0 saturated carbocycles. The highest BCUT2D eigenvalue weighted by Gasteiger charge is 2.10. The molecule has 0 radical (unpaired) electrons. The summed E-state index contributed by atoms with van der Waals surface area (Å²) < 4.78 is 5.46. The van der Waals surface area contributed by atoms with Gasteiger partial charge in [0.2, 0.25) is 0 Å². The summed E-state index contributed by atoms with van der Waals surface area (Å²) in [6.45, 7) is 4.66. The maximum absolute atomic E-state index is 9.48. The lowest BCUT2D eigenvalue weighted by Crippen LogP contribution is -1.90. The van der Waals surface area contributed by atoms with Gasteiger partial charge in [0.15, 0.2) is 0 Å². The second-order valence-electron chi connectivity index (χ2n) is 5.13. The van der Waals surface area contributed by atoms with Crippen molar-refractivity contribution in [1.82, 2.24) is 4.98 Å². The Kier molecular flexibility index (Phi) is 5.09. The molecule has 2 heterocycles. The van der Waals surface area contributed by atoms with Gasteiger partial charge in [-0.2, -0.15) is 5.26 Å². The van der Waals surface area contributed by atoms with E-state index in [1.54, 1.807) is 11.3 Å². The van der Waals surface area contributed by atoms with E-state index < -0.39 is 0 Å². The van der Waals surface area contributed by atoms with Crippen LogP contribution in [0.25, 0.3) is 22.9 Å². The van der Waals surface area contributed by atoms with E-state index in [-0.39, 0.29) is 0 Å². The third-order valence-corrected chi connectivity index (χ3v) is 5.33. The molecule has 2 aromatic heterocycles. The lowest BCUT2D eigenvalue weighted by molar-refractivity contribution is 0.340. The van der Waals surface area contributed by atoms with Crippen LogP contribution in [0.1, 0.15) is 22.4 Å². The Morgan fingerprint density at radius 2 is 2.04 bits per heavy atom. The second kappa shape index (κ2) is 7.43. The van der Waals surface area contributed by atoms with Crippen LogP contribution in [0.3, 0.4) is 0 Å². The van der Waals surface area contributed by atoms with Crippen LogP contribution in [0.4, 0.5) is 0 Å². The number of aryl methyl sites for hydroxylation is 1. The van der Waals surface area contributed by atoms with Crippen LogP contribution >= 0.6 is 22.7 Å². The summed E-state index contributed by atoms with van der Waals surface area (Å²) in [5.74, 6) is 0.850. The third-order valence-electron chi connectivity index (χ3n) is 3.49. The molecule has 0 aliphatic heterocycles. The van der Waals surface area contributed by atoms with Gasteiger partial charge < -0.3 is 4.74 Å². The van der Waals surface area contributed by atoms with Crippen LogP contribution in [-0.2, 0) is 0 Å². The smallest absolute Gasteiger partial charge is 0.134 e. The maximum atomic E-state index is 9.48. The standard InChI is InChI=1S/C19H16N2OS2/c1-3-22-16-6-4-14(5-7-16)17-12-24-19(21-17)15(11-20)10-18-13(2)8-9-23-18/h4-10,12H,3H2,1-2H3/b15-10+. The Hall–Kier alpha value is -2.42. The van der Waals surface area contributed by atoms with Crippen LogP contribution in [-0.4, -0.2) is 11.6 Å². The minimum absolute atomic E-state index is 0.600. The molecule has 0 saturated heterocycles. The lowest BCUT2D eigenvalue weighted by Gasteiger charge is -2.03. The Bertz CT molecular complexity index is 898. The fourth-order valence-corrected chi connectivity index (χ4v) is 3.88. The topological polar surface area (TPSA) is 45.9 Å². The van der Waals surface area contributed by atoms with E-state index in [2.05, 4.69) is 17.1 Å². The predicted octanol–water partition coefficient (Wildman–Crippen LogP) is 5.64. The van der Waals surface area contributed by atoms with E-state index in [0.717, 1.165) is 26.9 Å². The first kappa shape index (κ1) is 16.4. The molecule has 0 unspecified atom stereocenters. The number of hydrogen-bond acceptors (Lipinski definition) is 5. The minimum Gasteiger partial charge on any atom is -0.494 e. The molecule has 0 amide bonds. The van der Waals surface area contributed by atoms with E-state index in [0.29, 0.717) is 12.2 Å². The number of ether oxygens (including phenoxy) is 1. The zero-order chi connectivity index (χ0) is 16.9. The number of benzene rings is 1. The van der Waals surface area contributed by atoms with Crippen molar-refractivity contribution in [1.29, 1.82) is 5.26 Å². The number of allylic oxidation sites excluding steroid dienone is 1. The monoisotopic (exact) mass is 352 g/mol. The summed E-state index contributed by atoms with van der Waals surface area (Å²) in [6.07, 6.45) is 1.92. The highest BCUT2D eigenvalue weighted by atomic mass is 32.1. The first-order valence-electron chi connectivity index (χ1n) is 7.56. The Labute approximate surface area is 149 Å². The first-order valence-corrected chi connectivity index (χ1v) is 9.32. The molecule has 0 fully saturated rings. The average Bonchev–Trinajstić information content (AvgIpc) is 3.23. The maximum Gasteiger partial charge on any atom is 0.134 e. The normalized spacial score (nSPS) is 11.3. The van der Waals surface area contributed by atoms with Crippen LogP contribution in [0.15, 0.2) is 41.1 Å². The summed E-state index contributed by atoms with van der Waals surface area (Å²) in [5, 5.41) is 14.2. The molecule has 24 heavy (non-hydrogen) atoms. The van der Waals surface area contributed by atoms with Gasteiger partial charge in [-0.05, 0) is 61.2 Å². The highest BCUT2D eigenvalue weighted by Crippen LogP contribution is 2.29. The largest absolute Gasteiger partial charge is 0.494 e. The van der Waals surface area contributed by atoms with Crippen molar-refractivity contribution < 1.29 is 4.74 Å². The van der Waals surface area contributed by atoms with Crippen LogP contribution in [0.5, 0.6) is 5.75 Å². The quantitative estimate of drug-likeness (QED) is 0.558. The van der Waals surface area contributed by atoms with Gasteiger partial charge >= 0.3 is 0 Å². The number of nitriles is 1. The van der Waals surface area contributed by atoms with Crippen molar-refractivity contribution in [3.63, 3.8) is 0 Å². The third kappa shape index (κ3) is 3.56. The minimum atomic E-state index is 0.600. The molecule has 5 heteroatoms. The van der Waals surface area contributed by atoms with Gasteiger partial charge in [0, 0.05) is 15.8 Å². The molecule has 3 rings (SSSR count). The number of thiazole rings is 1. The summed E-state index contributed by atoms with van der Waals surface area (Å²) in [6, 6.07) is 12.2. The number of rotatable bonds is 5. The second-order valence-corrected chi connectivity index (χ2v) is 6.94. The lowest BCUT2D eigenvalue weighted by atomic mass is 10.1. The van der Waals surface area contributed by atoms with E-state index in [9.17, 15) is 5.26 Å². The van der Waals surface area contributed by atoms with E-state index >= 15 is 0 Å². The Balaban J connectivity index is 1.88. The van der Waals surface area contributed by atoms with Crippen molar-refractivity contribution in [2.45, 2.75) is 13.8 Å². The molecule has 1 aromatic carbocycles. The van der Waals surface area contributed by atoms with Crippen molar-refractivity contribution in [3.8, 4) is 23.1 Å². The van der Waals surface area contributed by atoms with Crippen LogP contribution in [0, 0.1) is 18.3 Å². The number of thiophene rings is 1. The van der Waals surface area contributed by atoms with Crippen molar-refractivity contribution in [2.75, 3.05) is 6.61 Å². The summed E-state index contributed by atoms with van der Waals surface area (Å²) >= 11 is 3.12. The molecule has 0 aliphatic rings. The van der Waals surface area contributed by atoms with Gasteiger partial charge in [-0.25, -0.2) is 4.98 Å². The van der Waals surface area contributed by atoms with Crippen molar-refractivity contribution >= 4 is 34.3 Å². The fourth-order valence-electron chi connectivity index (χ4n) is 2.22. The van der Waals surface area contributed by atoms with Crippen molar-refractivity contribution in [3.05, 3.63) is 56.5 Å². The highest BCUT2D eigenvalue weighted by molar-refractivity contribution is 7.12. The molecular weight excluding hydrogens is 336 g/mol. The Morgan fingerprint density at radius 1 is 1.25 bits per heavy atom. The van der Waals surface area contributed by atoms with Gasteiger partial charge in [-0.3, -0.25) is 0 Å². The summed E-state index contributed by atoms with van der Waals surface area (Å²) in [5.41, 5.74) is 3.67. The summed E-state index contributed by atoms with van der Waals surface area (Å²) in [4.78, 5) is 5.73. The van der Waals surface area contributed by atoms with E-state index in [4.69, 9.17) is 4.74 Å². The van der Waals surface area contributed by atoms with Crippen LogP contribution < -0.4 is 4.74 Å². The van der Waals surface area contributed by atoms with E-state index in [1.807, 2.05) is 54.9 Å². The van der Waals surface area contributed by atoms with Gasteiger partial charge in [-0.1, -0.05) is 0 Å². The number of aromatic nitrogens is 1. The predicted molar refractivity (Wildman–Crippen MR) is 101 cm³/mol. The Morgan fingerprint density at radius 3 is 2.67 bits per heavy atom. The fraction of sp³-hybridized carbons (Fsp3) is 0.158. The van der Waals surface area contributed by atoms with Crippen molar-refractivity contribution in [2.24, 2.45) is 0 Å².